The van der Waals surface area contributed by atoms with Crippen molar-refractivity contribution in [1.29, 1.82) is 0 Å². The first-order valence-electron chi connectivity index (χ1n) is 8.08. The maximum absolute atomic E-state index is 12.0. The van der Waals surface area contributed by atoms with Crippen LogP contribution < -0.4 is 10.6 Å². The van der Waals surface area contributed by atoms with Crippen LogP contribution in [0, 0.1) is 0 Å². The molecule has 3 heterocycles. The number of piperidine rings is 1. The van der Waals surface area contributed by atoms with Gasteiger partial charge >= 0.3 is 0 Å². The van der Waals surface area contributed by atoms with Crippen LogP contribution in [0.25, 0.3) is 0 Å². The molecule has 9 nitrogen and oxygen atoms in total. The molecule has 138 valence electrons. The Morgan fingerprint density at radius 2 is 2.40 bits per heavy atom. The maximum atomic E-state index is 12.0. The Morgan fingerprint density at radius 3 is 3.12 bits per heavy atom. The summed E-state index contributed by atoms with van der Waals surface area (Å²) in [5.74, 6) is 1.14. The summed E-state index contributed by atoms with van der Waals surface area (Å²) in [6.45, 7) is 2.87. The predicted octanol–water partition coefficient (Wildman–Crippen LogP) is 0.204. The molecule has 1 atom stereocenters. The van der Waals surface area contributed by atoms with Crippen LogP contribution in [0.1, 0.15) is 24.5 Å². The zero-order chi connectivity index (χ0) is 16.8. The maximum Gasteiger partial charge on any atom is 0.241 e. The number of hydrogen-bond acceptors (Lipinski definition) is 7. The molecule has 1 amide bonds. The summed E-state index contributed by atoms with van der Waals surface area (Å²) in [4.78, 5) is 12.0. The summed E-state index contributed by atoms with van der Waals surface area (Å²) >= 11 is 1.51. The standard InChI is InChI=1S/C14H22N8OS.ClH/c1-21-14(17-19-20-21)24-8-6-16-13(23)10-22-7-4-12(18-22)11-3-2-5-15-9-11;/h4,7,11,15H,2-3,5-6,8-10H2,1H3,(H,16,23);1H. The second-order valence-corrected chi connectivity index (χ2v) is 6.83. The quantitative estimate of drug-likeness (QED) is 0.517. The molecule has 11 heteroatoms. The van der Waals surface area contributed by atoms with E-state index in [1.54, 1.807) is 16.4 Å². The number of aryl methyl sites for hydroxylation is 1. The molecule has 0 saturated carbocycles. The Bertz CT molecular complexity index is 669. The third-order valence-electron chi connectivity index (χ3n) is 3.92. The summed E-state index contributed by atoms with van der Waals surface area (Å²) in [6, 6.07) is 2.02. The molecule has 1 fully saturated rings. The summed E-state index contributed by atoms with van der Waals surface area (Å²) in [5.41, 5.74) is 1.07. The molecule has 0 spiro atoms. The van der Waals surface area contributed by atoms with E-state index in [0.29, 0.717) is 12.5 Å². The van der Waals surface area contributed by atoms with Gasteiger partial charge in [0.2, 0.25) is 11.1 Å². The van der Waals surface area contributed by atoms with Gasteiger partial charge < -0.3 is 10.6 Å². The van der Waals surface area contributed by atoms with Gasteiger partial charge in [0.15, 0.2) is 0 Å². The lowest BCUT2D eigenvalue weighted by molar-refractivity contribution is -0.121. The molecule has 1 aliphatic heterocycles. The molecule has 1 unspecified atom stereocenters. The van der Waals surface area contributed by atoms with Crippen molar-refractivity contribution in [2.75, 3.05) is 25.4 Å². The Labute approximate surface area is 156 Å². The number of tetrazole rings is 1. The van der Waals surface area contributed by atoms with Crippen LogP contribution in [0.4, 0.5) is 0 Å². The molecule has 0 aliphatic carbocycles. The number of nitrogens with zero attached hydrogens (tertiary/aromatic N) is 6. The van der Waals surface area contributed by atoms with E-state index in [1.165, 1.54) is 18.2 Å². The molecule has 2 N–H and O–H groups in total. The van der Waals surface area contributed by atoms with Crippen molar-refractivity contribution in [3.8, 4) is 0 Å². The lowest BCUT2D eigenvalue weighted by atomic mass is 9.97. The molecule has 0 bridgehead atoms. The SMILES string of the molecule is Cl.Cn1nnnc1SCCNC(=O)Cn1ccc(C2CCCNC2)n1. The third-order valence-corrected chi connectivity index (χ3v) is 4.93. The van der Waals surface area contributed by atoms with Gasteiger partial charge in [0, 0.05) is 38.0 Å². The number of thioether (sulfide) groups is 1. The van der Waals surface area contributed by atoms with Crippen LogP contribution in [-0.4, -0.2) is 61.3 Å². The van der Waals surface area contributed by atoms with Crippen LogP contribution >= 0.6 is 24.2 Å². The molecule has 1 saturated heterocycles. The van der Waals surface area contributed by atoms with Crippen molar-refractivity contribution in [1.82, 2.24) is 40.6 Å². The number of halogens is 1. The lowest BCUT2D eigenvalue weighted by Gasteiger charge is -2.20. The van der Waals surface area contributed by atoms with Gasteiger partial charge in [0.1, 0.15) is 6.54 Å². The van der Waals surface area contributed by atoms with Gasteiger partial charge in [-0.3, -0.25) is 9.48 Å². The molecule has 2 aromatic rings. The van der Waals surface area contributed by atoms with E-state index in [2.05, 4.69) is 31.3 Å². The largest absolute Gasteiger partial charge is 0.354 e. The number of carbonyl (C=O) groups is 1. The minimum absolute atomic E-state index is 0. The van der Waals surface area contributed by atoms with Crippen LogP contribution in [-0.2, 0) is 18.4 Å². The normalized spacial score (nSPS) is 17.1. The second-order valence-electron chi connectivity index (χ2n) is 5.76. The molecule has 2 aromatic heterocycles. The average molecular weight is 387 g/mol. The number of rotatable bonds is 7. The number of hydrogen-bond donors (Lipinski definition) is 2. The van der Waals surface area contributed by atoms with E-state index in [4.69, 9.17) is 0 Å². The first-order chi connectivity index (χ1) is 11.7. The van der Waals surface area contributed by atoms with Gasteiger partial charge in [-0.05, 0) is 35.9 Å². The summed E-state index contributed by atoms with van der Waals surface area (Å²) in [7, 11) is 1.79. The number of amides is 1. The van der Waals surface area contributed by atoms with Crippen LogP contribution in [0.5, 0.6) is 0 Å². The van der Waals surface area contributed by atoms with Crippen molar-refractivity contribution in [2.24, 2.45) is 7.05 Å². The van der Waals surface area contributed by atoms with E-state index >= 15 is 0 Å². The molecule has 25 heavy (non-hydrogen) atoms. The molecule has 0 radical (unpaired) electrons. The second kappa shape index (κ2) is 9.73. The first-order valence-corrected chi connectivity index (χ1v) is 9.07. The van der Waals surface area contributed by atoms with Gasteiger partial charge in [-0.25, -0.2) is 4.68 Å². The van der Waals surface area contributed by atoms with Gasteiger partial charge in [0.05, 0.1) is 5.69 Å². The lowest BCUT2D eigenvalue weighted by Crippen LogP contribution is -2.30. The number of nitrogens with one attached hydrogen (secondary N) is 2. The zero-order valence-electron chi connectivity index (χ0n) is 14.1. The van der Waals surface area contributed by atoms with Crippen LogP contribution in [0.3, 0.4) is 0 Å². The van der Waals surface area contributed by atoms with E-state index in [-0.39, 0.29) is 24.9 Å². The van der Waals surface area contributed by atoms with E-state index < -0.39 is 0 Å². The Kier molecular flexibility index (Phi) is 7.66. The highest BCUT2D eigenvalue weighted by Gasteiger charge is 2.17. The minimum atomic E-state index is -0.0388. The molecule has 1 aliphatic rings. The van der Waals surface area contributed by atoms with Crippen molar-refractivity contribution in [3.63, 3.8) is 0 Å². The highest BCUT2D eigenvalue weighted by atomic mass is 35.5. The Morgan fingerprint density at radius 1 is 1.52 bits per heavy atom. The van der Waals surface area contributed by atoms with E-state index in [1.807, 2.05) is 12.3 Å². The van der Waals surface area contributed by atoms with Gasteiger partial charge in [-0.2, -0.15) is 5.10 Å². The van der Waals surface area contributed by atoms with Crippen molar-refractivity contribution in [3.05, 3.63) is 18.0 Å². The van der Waals surface area contributed by atoms with Gasteiger partial charge in [-0.1, -0.05) is 11.8 Å². The average Bonchev–Trinajstić information content (AvgIpc) is 3.22. The van der Waals surface area contributed by atoms with Crippen molar-refractivity contribution in [2.45, 2.75) is 30.5 Å². The summed E-state index contributed by atoms with van der Waals surface area (Å²) in [5, 5.41) is 22.8. The predicted molar refractivity (Wildman–Crippen MR) is 96.9 cm³/mol. The van der Waals surface area contributed by atoms with Gasteiger partial charge in [-0.15, -0.1) is 17.5 Å². The number of aromatic nitrogens is 6. The minimum Gasteiger partial charge on any atom is -0.354 e. The highest BCUT2D eigenvalue weighted by Crippen LogP contribution is 2.21. The fourth-order valence-electron chi connectivity index (χ4n) is 2.67. The summed E-state index contributed by atoms with van der Waals surface area (Å²) < 4.78 is 3.32. The molecule has 0 aromatic carbocycles. The Balaban J connectivity index is 0.00000225. The van der Waals surface area contributed by atoms with Crippen LogP contribution in [0.15, 0.2) is 17.4 Å². The molecular formula is C14H23ClN8OS. The molecular weight excluding hydrogens is 364 g/mol. The van der Waals surface area contributed by atoms with E-state index in [9.17, 15) is 4.79 Å². The van der Waals surface area contributed by atoms with Crippen molar-refractivity contribution >= 4 is 30.1 Å². The summed E-state index contributed by atoms with van der Waals surface area (Å²) in [6.07, 6.45) is 4.21. The Hall–Kier alpha value is -1.65. The molecule has 3 rings (SSSR count). The monoisotopic (exact) mass is 386 g/mol. The number of carbonyl (C=O) groups excluding carboxylic acids is 1. The first kappa shape index (κ1) is 19.7. The van der Waals surface area contributed by atoms with Gasteiger partial charge in [0.25, 0.3) is 0 Å². The van der Waals surface area contributed by atoms with E-state index in [0.717, 1.165) is 36.1 Å². The fourth-order valence-corrected chi connectivity index (χ4v) is 3.37. The van der Waals surface area contributed by atoms with Crippen molar-refractivity contribution < 1.29 is 4.79 Å². The highest BCUT2D eigenvalue weighted by molar-refractivity contribution is 7.99. The topological polar surface area (TPSA) is 103 Å². The fraction of sp³-hybridized carbons (Fsp3) is 0.643. The van der Waals surface area contributed by atoms with Crippen LogP contribution in [0.2, 0.25) is 0 Å². The smallest absolute Gasteiger partial charge is 0.241 e. The zero-order valence-corrected chi connectivity index (χ0v) is 15.7. The third kappa shape index (κ3) is 5.68.